The highest BCUT2D eigenvalue weighted by molar-refractivity contribution is 5.78. The molecule has 2 aromatic rings. The Morgan fingerprint density at radius 3 is 2.88 bits per heavy atom. The summed E-state index contributed by atoms with van der Waals surface area (Å²) >= 11 is 0. The van der Waals surface area contributed by atoms with Crippen LogP contribution in [0.25, 0.3) is 11.3 Å². The number of carbonyl (C=O) groups is 2. The van der Waals surface area contributed by atoms with E-state index >= 15 is 0 Å². The minimum Gasteiger partial charge on any atom is -0.455 e. The summed E-state index contributed by atoms with van der Waals surface area (Å²) in [5.41, 5.74) is 0.925. The lowest BCUT2D eigenvalue weighted by molar-refractivity contribution is -0.153. The van der Waals surface area contributed by atoms with Gasteiger partial charge >= 0.3 is 5.97 Å². The van der Waals surface area contributed by atoms with Gasteiger partial charge in [0.1, 0.15) is 0 Å². The lowest BCUT2D eigenvalue weighted by Crippen LogP contribution is -2.42. The molecule has 1 saturated heterocycles. The van der Waals surface area contributed by atoms with Crippen LogP contribution in [0.15, 0.2) is 40.9 Å². The average Bonchev–Trinajstić information content (AvgIpc) is 3.15. The SMILES string of the molecule is CCC(=O)N1CCCC(C(=O)OCc2ncc(-c3ccccc3)o2)C1. The van der Waals surface area contributed by atoms with Crippen LogP contribution in [0.3, 0.4) is 0 Å². The van der Waals surface area contributed by atoms with E-state index in [1.807, 2.05) is 37.3 Å². The number of ether oxygens (including phenoxy) is 1. The molecule has 2 heterocycles. The van der Waals surface area contributed by atoms with Crippen LogP contribution in [0.2, 0.25) is 0 Å². The Bertz CT molecular complexity index is 726. The van der Waals surface area contributed by atoms with E-state index in [9.17, 15) is 9.59 Å². The minimum atomic E-state index is -0.298. The number of benzene rings is 1. The molecule has 0 bridgehead atoms. The van der Waals surface area contributed by atoms with Crippen molar-refractivity contribution in [1.82, 2.24) is 9.88 Å². The third-order valence-electron chi connectivity index (χ3n) is 4.36. The van der Waals surface area contributed by atoms with Gasteiger partial charge in [0.05, 0.1) is 12.1 Å². The molecule has 0 N–H and O–H groups in total. The minimum absolute atomic E-state index is 0.00386. The van der Waals surface area contributed by atoms with E-state index in [2.05, 4.69) is 4.98 Å². The van der Waals surface area contributed by atoms with E-state index in [0.717, 1.165) is 24.9 Å². The van der Waals surface area contributed by atoms with Crippen LogP contribution in [0, 0.1) is 5.92 Å². The normalized spacial score (nSPS) is 17.3. The molecule has 0 saturated carbocycles. The van der Waals surface area contributed by atoms with Crippen molar-refractivity contribution in [3.63, 3.8) is 0 Å². The zero-order valence-electron chi connectivity index (χ0n) is 14.3. The van der Waals surface area contributed by atoms with Gasteiger partial charge in [-0.2, -0.15) is 0 Å². The van der Waals surface area contributed by atoms with Crippen molar-refractivity contribution in [2.24, 2.45) is 5.92 Å². The molecule has 1 fully saturated rings. The van der Waals surface area contributed by atoms with Crippen LogP contribution >= 0.6 is 0 Å². The molecule has 1 aromatic carbocycles. The van der Waals surface area contributed by atoms with Gasteiger partial charge < -0.3 is 14.1 Å². The molecule has 1 aliphatic heterocycles. The van der Waals surface area contributed by atoms with Crippen molar-refractivity contribution >= 4 is 11.9 Å². The largest absolute Gasteiger partial charge is 0.455 e. The topological polar surface area (TPSA) is 72.6 Å². The molecule has 132 valence electrons. The highest BCUT2D eigenvalue weighted by Gasteiger charge is 2.29. The second kappa shape index (κ2) is 7.96. The van der Waals surface area contributed by atoms with E-state index in [1.54, 1.807) is 11.1 Å². The predicted octanol–water partition coefficient (Wildman–Crippen LogP) is 3.03. The third-order valence-corrected chi connectivity index (χ3v) is 4.36. The quantitative estimate of drug-likeness (QED) is 0.781. The number of hydrogen-bond acceptors (Lipinski definition) is 5. The van der Waals surface area contributed by atoms with Crippen LogP contribution in [0.5, 0.6) is 0 Å². The van der Waals surface area contributed by atoms with E-state index in [4.69, 9.17) is 9.15 Å². The average molecular weight is 342 g/mol. The summed E-state index contributed by atoms with van der Waals surface area (Å²) in [5, 5.41) is 0. The van der Waals surface area contributed by atoms with E-state index in [0.29, 0.717) is 24.6 Å². The Morgan fingerprint density at radius 1 is 1.32 bits per heavy atom. The van der Waals surface area contributed by atoms with Crippen molar-refractivity contribution in [2.45, 2.75) is 32.8 Å². The van der Waals surface area contributed by atoms with Crippen molar-refractivity contribution in [2.75, 3.05) is 13.1 Å². The first-order chi connectivity index (χ1) is 12.2. The van der Waals surface area contributed by atoms with E-state index < -0.39 is 0 Å². The molecule has 6 heteroatoms. The summed E-state index contributed by atoms with van der Waals surface area (Å²) in [4.78, 5) is 30.0. The molecule has 0 aliphatic carbocycles. The number of aromatic nitrogens is 1. The van der Waals surface area contributed by atoms with Gasteiger partial charge in [-0.25, -0.2) is 4.98 Å². The van der Waals surface area contributed by atoms with Gasteiger partial charge in [-0.05, 0) is 12.8 Å². The highest BCUT2D eigenvalue weighted by atomic mass is 16.5. The van der Waals surface area contributed by atoms with Crippen LogP contribution in [0.4, 0.5) is 0 Å². The fourth-order valence-electron chi connectivity index (χ4n) is 2.98. The molecule has 1 unspecified atom stereocenters. The van der Waals surface area contributed by atoms with E-state index in [1.165, 1.54) is 0 Å². The Kier molecular flexibility index (Phi) is 5.48. The Hall–Kier alpha value is -2.63. The molecule has 3 rings (SSSR count). The second-order valence-corrected chi connectivity index (χ2v) is 6.12. The number of hydrogen-bond donors (Lipinski definition) is 0. The molecule has 6 nitrogen and oxygen atoms in total. The number of amides is 1. The lowest BCUT2D eigenvalue weighted by atomic mass is 9.98. The number of carbonyl (C=O) groups excluding carboxylic acids is 2. The molecule has 0 spiro atoms. The highest BCUT2D eigenvalue weighted by Crippen LogP contribution is 2.22. The smallest absolute Gasteiger partial charge is 0.311 e. The van der Waals surface area contributed by atoms with Crippen molar-refractivity contribution in [1.29, 1.82) is 0 Å². The zero-order chi connectivity index (χ0) is 17.6. The van der Waals surface area contributed by atoms with Gasteiger partial charge in [0.15, 0.2) is 12.4 Å². The first-order valence-electron chi connectivity index (χ1n) is 8.62. The van der Waals surface area contributed by atoms with E-state index in [-0.39, 0.29) is 24.4 Å². The predicted molar refractivity (Wildman–Crippen MR) is 91.3 cm³/mol. The summed E-state index contributed by atoms with van der Waals surface area (Å²) in [6.07, 6.45) is 3.65. The zero-order valence-corrected chi connectivity index (χ0v) is 14.3. The number of oxazole rings is 1. The molecular formula is C19H22N2O4. The number of piperidine rings is 1. The fraction of sp³-hybridized carbons (Fsp3) is 0.421. The Balaban J connectivity index is 1.54. The monoisotopic (exact) mass is 342 g/mol. The number of likely N-dealkylation sites (tertiary alicyclic amines) is 1. The molecule has 0 radical (unpaired) electrons. The molecule has 1 atom stereocenters. The molecule has 1 aliphatic rings. The Labute approximate surface area is 146 Å². The molecule has 1 amide bonds. The Morgan fingerprint density at radius 2 is 2.12 bits per heavy atom. The van der Waals surface area contributed by atoms with Crippen LogP contribution in [0.1, 0.15) is 32.1 Å². The van der Waals surface area contributed by atoms with Gasteiger partial charge in [0, 0.05) is 25.1 Å². The van der Waals surface area contributed by atoms with Crippen molar-refractivity contribution < 1.29 is 18.7 Å². The lowest BCUT2D eigenvalue weighted by Gasteiger charge is -2.31. The standard InChI is InChI=1S/C19H22N2O4/c1-2-18(22)21-10-6-9-15(12-21)19(23)24-13-17-20-11-16(25-17)14-7-4-3-5-8-14/h3-5,7-8,11,15H,2,6,9-10,12-13H2,1H3. The number of rotatable bonds is 5. The van der Waals surface area contributed by atoms with Crippen LogP contribution in [-0.2, 0) is 20.9 Å². The molecular weight excluding hydrogens is 320 g/mol. The first-order valence-corrected chi connectivity index (χ1v) is 8.62. The van der Waals surface area contributed by atoms with Gasteiger partial charge in [-0.15, -0.1) is 0 Å². The summed E-state index contributed by atoms with van der Waals surface area (Å²) < 4.78 is 11.0. The summed E-state index contributed by atoms with van der Waals surface area (Å²) in [6, 6.07) is 9.63. The fourth-order valence-corrected chi connectivity index (χ4v) is 2.98. The number of esters is 1. The summed E-state index contributed by atoms with van der Waals surface area (Å²) in [5.74, 6) is 0.520. The van der Waals surface area contributed by atoms with Gasteiger partial charge in [-0.3, -0.25) is 9.59 Å². The second-order valence-electron chi connectivity index (χ2n) is 6.12. The van der Waals surface area contributed by atoms with Gasteiger partial charge in [0.2, 0.25) is 11.8 Å². The first kappa shape index (κ1) is 17.2. The maximum absolute atomic E-state index is 12.3. The maximum atomic E-state index is 12.3. The molecule has 25 heavy (non-hydrogen) atoms. The van der Waals surface area contributed by atoms with Crippen molar-refractivity contribution in [3.05, 3.63) is 42.4 Å². The van der Waals surface area contributed by atoms with Gasteiger partial charge in [0.25, 0.3) is 0 Å². The third kappa shape index (κ3) is 4.26. The molecule has 1 aromatic heterocycles. The number of nitrogens with zero attached hydrogens (tertiary/aromatic N) is 2. The van der Waals surface area contributed by atoms with Gasteiger partial charge in [-0.1, -0.05) is 37.3 Å². The summed E-state index contributed by atoms with van der Waals surface area (Å²) in [6.45, 7) is 2.99. The summed E-state index contributed by atoms with van der Waals surface area (Å²) in [7, 11) is 0. The van der Waals surface area contributed by atoms with Crippen LogP contribution < -0.4 is 0 Å². The van der Waals surface area contributed by atoms with Crippen molar-refractivity contribution in [3.8, 4) is 11.3 Å². The maximum Gasteiger partial charge on any atom is 0.311 e. The van der Waals surface area contributed by atoms with Crippen LogP contribution in [-0.4, -0.2) is 34.8 Å².